The van der Waals surface area contributed by atoms with E-state index in [0.717, 1.165) is 20.1 Å². The molecule has 0 bridgehead atoms. The molecule has 0 saturated carbocycles. The fourth-order valence-electron chi connectivity index (χ4n) is 2.06. The Morgan fingerprint density at radius 3 is 2.83 bits per heavy atom. The van der Waals surface area contributed by atoms with E-state index in [1.807, 2.05) is 38.1 Å². The number of hydrogen-bond donors (Lipinski definition) is 0. The fraction of sp³-hybridized carbons (Fsp3) is 0.294. The Balaban J connectivity index is 2.25. The molecule has 122 valence electrons. The first-order valence-electron chi connectivity index (χ1n) is 7.39. The summed E-state index contributed by atoms with van der Waals surface area (Å²) in [5, 5.41) is 0.784. The normalized spacial score (nSPS) is 18.0. The van der Waals surface area contributed by atoms with Gasteiger partial charge in [0.1, 0.15) is 12.4 Å². The van der Waals surface area contributed by atoms with E-state index in [0.29, 0.717) is 24.6 Å². The molecule has 1 amide bonds. The van der Waals surface area contributed by atoms with Gasteiger partial charge in [-0.3, -0.25) is 14.7 Å². The number of benzene rings is 1. The van der Waals surface area contributed by atoms with Crippen molar-refractivity contribution in [2.24, 2.45) is 4.99 Å². The molecule has 1 fully saturated rings. The number of likely N-dealkylation sites (N-methyl/N-ethyl adjacent to an activating group) is 1. The number of hydrogen-bond acceptors (Lipinski definition) is 4. The van der Waals surface area contributed by atoms with Crippen molar-refractivity contribution in [3.63, 3.8) is 0 Å². The van der Waals surface area contributed by atoms with Crippen molar-refractivity contribution in [1.29, 1.82) is 0 Å². The average molecular weight is 442 g/mol. The first kappa shape index (κ1) is 18.1. The zero-order valence-corrected chi connectivity index (χ0v) is 16.2. The summed E-state index contributed by atoms with van der Waals surface area (Å²) in [6.45, 7) is 9.36. The van der Waals surface area contributed by atoms with Gasteiger partial charge in [0.2, 0.25) is 0 Å². The van der Waals surface area contributed by atoms with Crippen molar-refractivity contribution in [3.8, 4) is 5.75 Å². The van der Waals surface area contributed by atoms with Gasteiger partial charge in [-0.05, 0) is 72.0 Å². The number of nitrogens with zero attached hydrogens (tertiary/aromatic N) is 2. The summed E-state index contributed by atoms with van der Waals surface area (Å²) < 4.78 is 6.57. The van der Waals surface area contributed by atoms with E-state index in [-0.39, 0.29) is 5.91 Å². The van der Waals surface area contributed by atoms with Gasteiger partial charge in [0.25, 0.3) is 5.91 Å². The SMILES string of the molecule is C=CCOc1ccc(/C=C2\SC(=NCC)N(CC)C2=O)cc1I. The average Bonchev–Trinajstić information content (AvgIpc) is 2.82. The molecule has 0 aliphatic carbocycles. The summed E-state index contributed by atoms with van der Waals surface area (Å²) in [5.74, 6) is 0.841. The number of rotatable bonds is 6. The third-order valence-electron chi connectivity index (χ3n) is 3.11. The zero-order valence-electron chi connectivity index (χ0n) is 13.2. The Morgan fingerprint density at radius 1 is 1.43 bits per heavy atom. The maximum Gasteiger partial charge on any atom is 0.266 e. The summed E-state index contributed by atoms with van der Waals surface area (Å²) in [7, 11) is 0. The van der Waals surface area contributed by atoms with Crippen molar-refractivity contribution in [1.82, 2.24) is 4.90 Å². The van der Waals surface area contributed by atoms with Crippen LogP contribution in [0.1, 0.15) is 19.4 Å². The van der Waals surface area contributed by atoms with Gasteiger partial charge in [-0.15, -0.1) is 0 Å². The lowest BCUT2D eigenvalue weighted by molar-refractivity contribution is -0.122. The molecule has 0 aromatic heterocycles. The topological polar surface area (TPSA) is 41.9 Å². The van der Waals surface area contributed by atoms with Crippen molar-refractivity contribution >= 4 is 51.5 Å². The van der Waals surface area contributed by atoms with Crippen molar-refractivity contribution in [3.05, 3.63) is 44.9 Å². The van der Waals surface area contributed by atoms with E-state index in [1.165, 1.54) is 11.8 Å². The van der Waals surface area contributed by atoms with E-state index in [9.17, 15) is 4.79 Å². The standard InChI is InChI=1S/C17H19IN2O2S/c1-4-9-22-14-8-7-12(10-13(14)18)11-15-16(21)20(6-3)17(23-15)19-5-2/h4,7-8,10-11H,1,5-6,9H2,2-3H3/b15-11-,19-17?. The minimum absolute atomic E-state index is 0.0201. The Labute approximate surface area is 154 Å². The number of carbonyl (C=O) groups is 1. The van der Waals surface area contributed by atoms with Gasteiger partial charge in [0.15, 0.2) is 5.17 Å². The molecular formula is C17H19IN2O2S. The van der Waals surface area contributed by atoms with Crippen LogP contribution in [0.25, 0.3) is 6.08 Å². The van der Waals surface area contributed by atoms with Crippen LogP contribution in [-0.2, 0) is 4.79 Å². The Bertz CT molecular complexity index is 671. The smallest absolute Gasteiger partial charge is 0.266 e. The molecule has 0 N–H and O–H groups in total. The Kier molecular flexibility index (Phi) is 6.71. The highest BCUT2D eigenvalue weighted by Crippen LogP contribution is 2.33. The maximum absolute atomic E-state index is 12.4. The molecule has 0 spiro atoms. The molecule has 1 heterocycles. The summed E-state index contributed by atoms with van der Waals surface area (Å²) in [6.07, 6.45) is 3.63. The molecule has 0 radical (unpaired) electrons. The first-order chi connectivity index (χ1) is 11.1. The molecule has 1 aliphatic rings. The molecular weight excluding hydrogens is 423 g/mol. The number of aliphatic imine (C=N–C) groups is 1. The lowest BCUT2D eigenvalue weighted by Crippen LogP contribution is -2.28. The predicted molar refractivity (Wildman–Crippen MR) is 106 cm³/mol. The van der Waals surface area contributed by atoms with E-state index in [4.69, 9.17) is 4.74 Å². The predicted octanol–water partition coefficient (Wildman–Crippen LogP) is 4.17. The van der Waals surface area contributed by atoms with Gasteiger partial charge in [-0.25, -0.2) is 0 Å². The molecule has 6 heteroatoms. The zero-order chi connectivity index (χ0) is 16.8. The molecule has 1 aromatic carbocycles. The minimum atomic E-state index is 0.0201. The van der Waals surface area contributed by atoms with Crippen LogP contribution in [0.15, 0.2) is 40.8 Å². The van der Waals surface area contributed by atoms with Crippen molar-refractivity contribution in [2.75, 3.05) is 19.7 Å². The van der Waals surface area contributed by atoms with Crippen molar-refractivity contribution in [2.45, 2.75) is 13.8 Å². The lowest BCUT2D eigenvalue weighted by Gasteiger charge is -2.11. The van der Waals surface area contributed by atoms with Crippen LogP contribution < -0.4 is 4.74 Å². The molecule has 2 rings (SSSR count). The second kappa shape index (κ2) is 8.54. The van der Waals surface area contributed by atoms with Crippen LogP contribution >= 0.6 is 34.4 Å². The van der Waals surface area contributed by atoms with Crippen LogP contribution in [0.2, 0.25) is 0 Å². The number of carbonyl (C=O) groups excluding carboxylic acids is 1. The van der Waals surface area contributed by atoms with E-state index in [1.54, 1.807) is 11.0 Å². The highest BCUT2D eigenvalue weighted by Gasteiger charge is 2.31. The van der Waals surface area contributed by atoms with Gasteiger partial charge < -0.3 is 4.74 Å². The monoisotopic (exact) mass is 442 g/mol. The summed E-state index contributed by atoms with van der Waals surface area (Å²) >= 11 is 3.67. The van der Waals surface area contributed by atoms with Gasteiger partial charge in [0.05, 0.1) is 8.48 Å². The van der Waals surface area contributed by atoms with E-state index in [2.05, 4.69) is 34.2 Å². The Hall–Kier alpha value is -1.28. The largest absolute Gasteiger partial charge is 0.488 e. The molecule has 0 atom stereocenters. The van der Waals surface area contributed by atoms with Gasteiger partial charge in [-0.1, -0.05) is 18.7 Å². The molecule has 0 unspecified atom stereocenters. The molecule has 1 aliphatic heterocycles. The van der Waals surface area contributed by atoms with E-state index >= 15 is 0 Å². The number of amidine groups is 1. The number of halogens is 1. The summed E-state index contributed by atoms with van der Waals surface area (Å²) in [6, 6.07) is 5.87. The van der Waals surface area contributed by atoms with Crippen molar-refractivity contribution < 1.29 is 9.53 Å². The third kappa shape index (κ3) is 4.38. The molecule has 1 aromatic rings. The highest BCUT2D eigenvalue weighted by molar-refractivity contribution is 14.1. The highest BCUT2D eigenvalue weighted by atomic mass is 127. The number of ether oxygens (including phenoxy) is 1. The van der Waals surface area contributed by atoms with Crippen LogP contribution in [-0.4, -0.2) is 35.7 Å². The minimum Gasteiger partial charge on any atom is -0.488 e. The fourth-order valence-corrected chi connectivity index (χ4v) is 3.86. The lowest BCUT2D eigenvalue weighted by atomic mass is 10.2. The van der Waals surface area contributed by atoms with Gasteiger partial charge in [-0.2, -0.15) is 0 Å². The number of thioether (sulfide) groups is 1. The Morgan fingerprint density at radius 2 is 2.22 bits per heavy atom. The summed E-state index contributed by atoms with van der Waals surface area (Å²) in [4.78, 5) is 19.3. The summed E-state index contributed by atoms with van der Waals surface area (Å²) in [5.41, 5.74) is 0.977. The quantitative estimate of drug-likeness (QED) is 0.378. The second-order valence-corrected chi connectivity index (χ2v) is 6.88. The van der Waals surface area contributed by atoms with Crippen LogP contribution in [0.5, 0.6) is 5.75 Å². The molecule has 4 nitrogen and oxygen atoms in total. The molecule has 1 saturated heterocycles. The third-order valence-corrected chi connectivity index (χ3v) is 5.00. The van der Waals surface area contributed by atoms with Crippen LogP contribution in [0.3, 0.4) is 0 Å². The van der Waals surface area contributed by atoms with Crippen LogP contribution in [0.4, 0.5) is 0 Å². The molecule has 23 heavy (non-hydrogen) atoms. The maximum atomic E-state index is 12.4. The van der Waals surface area contributed by atoms with Gasteiger partial charge in [0, 0.05) is 13.1 Å². The number of amides is 1. The first-order valence-corrected chi connectivity index (χ1v) is 9.29. The second-order valence-electron chi connectivity index (χ2n) is 4.71. The van der Waals surface area contributed by atoms with Gasteiger partial charge >= 0.3 is 0 Å². The van der Waals surface area contributed by atoms with E-state index < -0.39 is 0 Å². The van der Waals surface area contributed by atoms with Crippen LogP contribution in [0, 0.1) is 3.57 Å².